The van der Waals surface area contributed by atoms with E-state index in [2.05, 4.69) is 80.2 Å². The van der Waals surface area contributed by atoms with Crippen LogP contribution in [0.1, 0.15) is 11.1 Å². The van der Waals surface area contributed by atoms with E-state index < -0.39 is 0 Å². The van der Waals surface area contributed by atoms with E-state index in [1.807, 2.05) is 7.05 Å². The van der Waals surface area contributed by atoms with Crippen molar-refractivity contribution in [2.24, 2.45) is 4.99 Å². The molecule has 29 heavy (non-hydrogen) atoms. The molecule has 1 aliphatic rings. The normalized spacial score (nSPS) is 14.5. The van der Waals surface area contributed by atoms with E-state index in [-0.39, 0.29) is 5.91 Å². The first-order valence-electron chi connectivity index (χ1n) is 9.74. The number of nitrogens with one attached hydrogen (secondary N) is 2. The van der Waals surface area contributed by atoms with Crippen molar-refractivity contribution >= 4 is 29.3 Å². The maximum atomic E-state index is 11.6. The summed E-state index contributed by atoms with van der Waals surface area (Å²) < 4.78 is 0. The van der Waals surface area contributed by atoms with Gasteiger partial charge in [0.05, 0.1) is 6.54 Å². The average Bonchev–Trinajstić information content (AvgIpc) is 2.75. The number of amides is 1. The highest BCUT2D eigenvalue weighted by Crippen LogP contribution is 2.17. The fraction of sp³-hybridized carbons (Fsp3) is 0.364. The number of hydrogen-bond donors (Lipinski definition) is 2. The number of anilines is 1. The molecule has 2 aromatic rings. The smallest absolute Gasteiger partial charge is 0.239 e. The number of hydrogen-bond acceptors (Lipinski definition) is 4. The predicted octanol–water partition coefficient (Wildman–Crippen LogP) is 2.55. The average molecular weight is 412 g/mol. The molecule has 0 bridgehead atoms. The van der Waals surface area contributed by atoms with Gasteiger partial charge in [0.15, 0.2) is 5.96 Å². The molecule has 0 unspecified atom stereocenters. The number of rotatable bonds is 6. The lowest BCUT2D eigenvalue weighted by Gasteiger charge is -2.28. The molecule has 6 nitrogen and oxygen atoms in total. The number of benzene rings is 2. The zero-order valence-electron chi connectivity index (χ0n) is 17.3. The Morgan fingerprint density at radius 1 is 1.17 bits per heavy atom. The SMILES string of the molecule is CN=C(NCc1ccc(N2CCNC(=O)C2)cc1)N(C)Cc1ccc(SC)cc1. The third kappa shape index (κ3) is 5.90. The third-order valence-electron chi connectivity index (χ3n) is 4.94. The van der Waals surface area contributed by atoms with Gasteiger partial charge in [0.1, 0.15) is 0 Å². The molecule has 0 saturated carbocycles. The maximum absolute atomic E-state index is 11.6. The molecule has 0 aliphatic carbocycles. The molecular formula is C22H29N5OS. The minimum atomic E-state index is 0.0805. The molecule has 1 amide bonds. The summed E-state index contributed by atoms with van der Waals surface area (Å²) in [7, 11) is 3.85. The Labute approximate surface area is 177 Å². The van der Waals surface area contributed by atoms with E-state index in [0.29, 0.717) is 19.6 Å². The quantitative estimate of drug-likeness (QED) is 0.435. The second-order valence-electron chi connectivity index (χ2n) is 7.04. The largest absolute Gasteiger partial charge is 0.360 e. The molecule has 2 N–H and O–H groups in total. The van der Waals surface area contributed by atoms with Crippen LogP contribution in [-0.2, 0) is 17.9 Å². The standard InChI is InChI=1S/C22H29N5OS/c1-23-22(26(2)15-18-6-10-20(29-3)11-7-18)25-14-17-4-8-19(9-5-17)27-13-12-24-21(28)16-27/h4-11H,12-16H2,1-3H3,(H,23,25)(H,24,28). The van der Waals surface area contributed by atoms with Crippen molar-refractivity contribution in [3.8, 4) is 0 Å². The topological polar surface area (TPSA) is 60.0 Å². The zero-order chi connectivity index (χ0) is 20.6. The van der Waals surface area contributed by atoms with E-state index in [1.165, 1.54) is 16.0 Å². The van der Waals surface area contributed by atoms with Gasteiger partial charge in [-0.1, -0.05) is 24.3 Å². The summed E-state index contributed by atoms with van der Waals surface area (Å²) in [6.45, 7) is 3.46. The van der Waals surface area contributed by atoms with Crippen LogP contribution in [0.4, 0.5) is 5.69 Å². The first-order chi connectivity index (χ1) is 14.1. The molecule has 1 saturated heterocycles. The van der Waals surface area contributed by atoms with Gasteiger partial charge in [-0.2, -0.15) is 0 Å². The van der Waals surface area contributed by atoms with Crippen LogP contribution in [0.25, 0.3) is 0 Å². The van der Waals surface area contributed by atoms with Gasteiger partial charge in [-0.25, -0.2) is 0 Å². The summed E-state index contributed by atoms with van der Waals surface area (Å²) in [4.78, 5) is 21.5. The van der Waals surface area contributed by atoms with Crippen LogP contribution in [0.15, 0.2) is 58.4 Å². The van der Waals surface area contributed by atoms with Gasteiger partial charge in [0, 0.05) is 50.9 Å². The second kappa shape index (κ2) is 10.2. The number of carbonyl (C=O) groups is 1. The number of piperazine rings is 1. The summed E-state index contributed by atoms with van der Waals surface area (Å²) in [5, 5.41) is 6.28. The molecule has 0 aromatic heterocycles. The van der Waals surface area contributed by atoms with Gasteiger partial charge < -0.3 is 20.4 Å². The number of carbonyl (C=O) groups excluding carboxylic acids is 1. The fourth-order valence-electron chi connectivity index (χ4n) is 3.33. The van der Waals surface area contributed by atoms with Crippen LogP contribution < -0.4 is 15.5 Å². The number of guanidine groups is 1. The first kappa shape index (κ1) is 21.0. The third-order valence-corrected chi connectivity index (χ3v) is 5.69. The molecule has 154 valence electrons. The molecule has 7 heteroatoms. The monoisotopic (exact) mass is 411 g/mol. The lowest BCUT2D eigenvalue weighted by atomic mass is 10.2. The Balaban J connectivity index is 1.53. The Morgan fingerprint density at radius 3 is 2.48 bits per heavy atom. The van der Waals surface area contributed by atoms with Gasteiger partial charge in [0.2, 0.25) is 5.91 Å². The van der Waals surface area contributed by atoms with Gasteiger partial charge in [-0.3, -0.25) is 9.79 Å². The van der Waals surface area contributed by atoms with Crippen LogP contribution >= 0.6 is 11.8 Å². The predicted molar refractivity (Wildman–Crippen MR) is 122 cm³/mol. The van der Waals surface area contributed by atoms with E-state index in [4.69, 9.17) is 0 Å². The molecular weight excluding hydrogens is 382 g/mol. The van der Waals surface area contributed by atoms with Gasteiger partial charge >= 0.3 is 0 Å². The molecule has 0 atom stereocenters. The van der Waals surface area contributed by atoms with Crippen LogP contribution in [0.3, 0.4) is 0 Å². The van der Waals surface area contributed by atoms with Crippen molar-refractivity contribution in [2.45, 2.75) is 18.0 Å². The molecule has 3 rings (SSSR count). The second-order valence-corrected chi connectivity index (χ2v) is 7.92. The van der Waals surface area contributed by atoms with Gasteiger partial charge in [-0.05, 0) is 41.6 Å². The lowest BCUT2D eigenvalue weighted by Crippen LogP contribution is -2.47. The summed E-state index contributed by atoms with van der Waals surface area (Å²) in [5.41, 5.74) is 3.51. The molecule has 0 spiro atoms. The van der Waals surface area contributed by atoms with Crippen molar-refractivity contribution in [3.63, 3.8) is 0 Å². The Bertz CT molecular complexity index is 835. The highest BCUT2D eigenvalue weighted by Gasteiger charge is 2.16. The first-order valence-corrected chi connectivity index (χ1v) is 11.0. The molecule has 2 aromatic carbocycles. The minimum absolute atomic E-state index is 0.0805. The summed E-state index contributed by atoms with van der Waals surface area (Å²) >= 11 is 1.75. The summed E-state index contributed by atoms with van der Waals surface area (Å²) in [6, 6.07) is 17.0. The Hall–Kier alpha value is -2.67. The van der Waals surface area contributed by atoms with Gasteiger partial charge in [0.25, 0.3) is 0 Å². The van der Waals surface area contributed by atoms with Crippen molar-refractivity contribution in [1.82, 2.24) is 15.5 Å². The minimum Gasteiger partial charge on any atom is -0.360 e. The van der Waals surface area contributed by atoms with E-state index in [9.17, 15) is 4.79 Å². The van der Waals surface area contributed by atoms with E-state index in [1.54, 1.807) is 18.8 Å². The van der Waals surface area contributed by atoms with E-state index in [0.717, 1.165) is 24.7 Å². The molecule has 1 heterocycles. The van der Waals surface area contributed by atoms with Crippen LogP contribution in [0.2, 0.25) is 0 Å². The van der Waals surface area contributed by atoms with Crippen LogP contribution in [0.5, 0.6) is 0 Å². The Kier molecular flexibility index (Phi) is 7.41. The summed E-state index contributed by atoms with van der Waals surface area (Å²) in [6.07, 6.45) is 2.09. The highest BCUT2D eigenvalue weighted by atomic mass is 32.2. The Morgan fingerprint density at radius 2 is 1.86 bits per heavy atom. The van der Waals surface area contributed by atoms with Crippen molar-refractivity contribution in [1.29, 1.82) is 0 Å². The van der Waals surface area contributed by atoms with Gasteiger partial charge in [-0.15, -0.1) is 11.8 Å². The van der Waals surface area contributed by atoms with Crippen molar-refractivity contribution in [2.75, 3.05) is 44.9 Å². The number of aliphatic imine (C=N–C) groups is 1. The fourth-order valence-corrected chi connectivity index (χ4v) is 3.74. The number of thioether (sulfide) groups is 1. The van der Waals surface area contributed by atoms with Crippen LogP contribution in [0, 0.1) is 0 Å². The molecule has 1 fully saturated rings. The van der Waals surface area contributed by atoms with Crippen LogP contribution in [-0.4, -0.2) is 56.8 Å². The lowest BCUT2D eigenvalue weighted by molar-refractivity contribution is -0.120. The summed E-state index contributed by atoms with van der Waals surface area (Å²) in [5.74, 6) is 0.938. The van der Waals surface area contributed by atoms with Crippen molar-refractivity contribution < 1.29 is 4.79 Å². The highest BCUT2D eigenvalue weighted by molar-refractivity contribution is 7.98. The molecule has 1 aliphatic heterocycles. The zero-order valence-corrected chi connectivity index (χ0v) is 18.1. The maximum Gasteiger partial charge on any atom is 0.239 e. The van der Waals surface area contributed by atoms with E-state index >= 15 is 0 Å². The molecule has 0 radical (unpaired) electrons. The van der Waals surface area contributed by atoms with Crippen molar-refractivity contribution in [3.05, 3.63) is 59.7 Å². The number of nitrogens with zero attached hydrogens (tertiary/aromatic N) is 3.